The van der Waals surface area contributed by atoms with Crippen molar-refractivity contribution in [1.29, 1.82) is 0 Å². The molecule has 0 nitrogen and oxygen atoms in total. The van der Waals surface area contributed by atoms with Crippen molar-refractivity contribution >= 4 is 11.6 Å². The van der Waals surface area contributed by atoms with Gasteiger partial charge in [-0.2, -0.15) is 13.2 Å². The van der Waals surface area contributed by atoms with E-state index in [9.17, 15) is 13.2 Å². The van der Waals surface area contributed by atoms with E-state index < -0.39 is 11.7 Å². The fourth-order valence-corrected chi connectivity index (χ4v) is 1.51. The van der Waals surface area contributed by atoms with Crippen LogP contribution in [-0.4, -0.2) is 0 Å². The van der Waals surface area contributed by atoms with E-state index in [1.807, 2.05) is 0 Å². The molecule has 1 aromatic rings. The highest BCUT2D eigenvalue weighted by Crippen LogP contribution is 2.33. The summed E-state index contributed by atoms with van der Waals surface area (Å²) in [5.74, 6) is 0. The third-order valence-corrected chi connectivity index (χ3v) is 2.55. The molecule has 0 amide bonds. The van der Waals surface area contributed by atoms with E-state index in [0.29, 0.717) is 12.0 Å². The molecule has 0 unspecified atom stereocenters. The van der Waals surface area contributed by atoms with Gasteiger partial charge >= 0.3 is 6.18 Å². The van der Waals surface area contributed by atoms with E-state index in [4.69, 9.17) is 11.6 Å². The zero-order chi connectivity index (χ0) is 10.9. The van der Waals surface area contributed by atoms with Crippen LogP contribution in [-0.2, 0) is 12.6 Å². The van der Waals surface area contributed by atoms with E-state index in [2.05, 4.69) is 0 Å². The van der Waals surface area contributed by atoms with Crippen molar-refractivity contribution in [2.75, 3.05) is 0 Å². The summed E-state index contributed by atoms with van der Waals surface area (Å²) in [5, 5.41) is 0.177. The molecule has 0 aromatic heterocycles. The van der Waals surface area contributed by atoms with Crippen LogP contribution >= 0.6 is 11.6 Å². The Bertz CT molecular complexity index is 342. The Kier molecular flexibility index (Phi) is 3.10. The Hall–Kier alpha value is -0.700. The molecule has 0 aliphatic rings. The minimum absolute atomic E-state index is 0.177. The van der Waals surface area contributed by atoms with Crippen LogP contribution in [0.4, 0.5) is 13.2 Å². The minimum Gasteiger partial charge on any atom is -0.166 e. The molecule has 0 fully saturated rings. The maximum absolute atomic E-state index is 12.4. The topological polar surface area (TPSA) is 0 Å². The molecule has 0 heterocycles. The first-order chi connectivity index (χ1) is 6.36. The third kappa shape index (κ3) is 2.21. The highest BCUT2D eigenvalue weighted by molar-refractivity contribution is 6.31. The summed E-state index contributed by atoms with van der Waals surface area (Å²) < 4.78 is 37.1. The van der Waals surface area contributed by atoms with Crippen molar-refractivity contribution in [3.63, 3.8) is 0 Å². The normalized spacial score (nSPS) is 11.9. The number of benzene rings is 1. The van der Waals surface area contributed by atoms with Crippen LogP contribution in [0.2, 0.25) is 5.02 Å². The molecule has 1 aromatic carbocycles. The lowest BCUT2D eigenvalue weighted by Crippen LogP contribution is -2.06. The first-order valence-electron chi connectivity index (χ1n) is 4.22. The lowest BCUT2D eigenvalue weighted by Gasteiger charge is -2.11. The Morgan fingerprint density at radius 3 is 2.29 bits per heavy atom. The van der Waals surface area contributed by atoms with Gasteiger partial charge in [-0.15, -0.1) is 0 Å². The Morgan fingerprint density at radius 2 is 1.86 bits per heavy atom. The van der Waals surface area contributed by atoms with Gasteiger partial charge in [0, 0.05) is 5.02 Å². The van der Waals surface area contributed by atoms with Crippen molar-refractivity contribution in [2.24, 2.45) is 0 Å². The third-order valence-electron chi connectivity index (χ3n) is 2.16. The molecular formula is C10H10ClF3. The van der Waals surface area contributed by atoms with Crippen molar-refractivity contribution in [3.05, 3.63) is 33.8 Å². The van der Waals surface area contributed by atoms with Gasteiger partial charge in [-0.25, -0.2) is 0 Å². The molecule has 4 heteroatoms. The molecule has 0 N–H and O–H groups in total. The largest absolute Gasteiger partial charge is 0.416 e. The summed E-state index contributed by atoms with van der Waals surface area (Å²) >= 11 is 5.70. The smallest absolute Gasteiger partial charge is 0.166 e. The van der Waals surface area contributed by atoms with Crippen LogP contribution in [0, 0.1) is 6.92 Å². The molecule has 0 bridgehead atoms. The molecule has 0 spiro atoms. The van der Waals surface area contributed by atoms with Crippen molar-refractivity contribution in [2.45, 2.75) is 26.4 Å². The first-order valence-corrected chi connectivity index (χ1v) is 4.60. The zero-order valence-corrected chi connectivity index (χ0v) is 8.63. The Balaban J connectivity index is 3.30. The molecule has 0 radical (unpaired) electrons. The molecule has 14 heavy (non-hydrogen) atoms. The molecule has 0 atom stereocenters. The zero-order valence-electron chi connectivity index (χ0n) is 7.87. The molecular weight excluding hydrogens is 213 g/mol. The lowest BCUT2D eigenvalue weighted by atomic mass is 10.0. The molecule has 0 aliphatic heterocycles. The highest BCUT2D eigenvalue weighted by atomic mass is 35.5. The number of hydrogen-bond donors (Lipinski definition) is 0. The van der Waals surface area contributed by atoms with Gasteiger partial charge in [0.25, 0.3) is 0 Å². The van der Waals surface area contributed by atoms with E-state index in [0.717, 1.165) is 17.7 Å². The number of aryl methyl sites for hydroxylation is 1. The maximum Gasteiger partial charge on any atom is 0.416 e. The fourth-order valence-electron chi connectivity index (χ4n) is 1.27. The van der Waals surface area contributed by atoms with E-state index in [1.54, 1.807) is 13.8 Å². The standard InChI is InChI=1S/C10H10ClF3/c1-3-7-4-8(10(12,13)14)5-9(11)6(7)2/h4-5H,3H2,1-2H3. The fraction of sp³-hybridized carbons (Fsp3) is 0.400. The van der Waals surface area contributed by atoms with E-state index >= 15 is 0 Å². The average molecular weight is 223 g/mol. The van der Waals surface area contributed by atoms with Crippen molar-refractivity contribution < 1.29 is 13.2 Å². The number of alkyl halides is 3. The van der Waals surface area contributed by atoms with Crippen LogP contribution in [0.1, 0.15) is 23.6 Å². The van der Waals surface area contributed by atoms with Crippen LogP contribution in [0.15, 0.2) is 12.1 Å². The van der Waals surface area contributed by atoms with E-state index in [-0.39, 0.29) is 5.02 Å². The molecule has 78 valence electrons. The number of halogens is 4. The predicted molar refractivity (Wildman–Crippen MR) is 50.6 cm³/mol. The molecule has 0 saturated carbocycles. The minimum atomic E-state index is -4.32. The molecule has 0 saturated heterocycles. The Morgan fingerprint density at radius 1 is 1.29 bits per heavy atom. The highest BCUT2D eigenvalue weighted by Gasteiger charge is 2.31. The predicted octanol–water partition coefficient (Wildman–Crippen LogP) is 4.23. The summed E-state index contributed by atoms with van der Waals surface area (Å²) in [7, 11) is 0. The van der Waals surface area contributed by atoms with Gasteiger partial charge in [-0.1, -0.05) is 18.5 Å². The number of hydrogen-bond acceptors (Lipinski definition) is 0. The summed E-state index contributed by atoms with van der Waals surface area (Å²) in [6, 6.07) is 2.12. The first kappa shape index (κ1) is 11.4. The van der Waals surface area contributed by atoms with Crippen molar-refractivity contribution in [3.8, 4) is 0 Å². The SMILES string of the molecule is CCc1cc(C(F)(F)F)cc(Cl)c1C. The maximum atomic E-state index is 12.4. The monoisotopic (exact) mass is 222 g/mol. The van der Waals surface area contributed by atoms with Gasteiger partial charge in [0.05, 0.1) is 5.56 Å². The second-order valence-electron chi connectivity index (χ2n) is 3.09. The summed E-state index contributed by atoms with van der Waals surface area (Å²) in [6.07, 6.45) is -3.77. The van der Waals surface area contributed by atoms with Crippen molar-refractivity contribution in [1.82, 2.24) is 0 Å². The number of rotatable bonds is 1. The van der Waals surface area contributed by atoms with Gasteiger partial charge in [0.2, 0.25) is 0 Å². The summed E-state index contributed by atoms with van der Waals surface area (Å²) in [4.78, 5) is 0. The van der Waals surface area contributed by atoms with Crippen LogP contribution < -0.4 is 0 Å². The van der Waals surface area contributed by atoms with Gasteiger partial charge < -0.3 is 0 Å². The average Bonchev–Trinajstić information content (AvgIpc) is 2.07. The van der Waals surface area contributed by atoms with Gasteiger partial charge in [0.15, 0.2) is 0 Å². The van der Waals surface area contributed by atoms with Gasteiger partial charge in [-0.05, 0) is 36.6 Å². The van der Waals surface area contributed by atoms with E-state index in [1.165, 1.54) is 0 Å². The van der Waals surface area contributed by atoms with Gasteiger partial charge in [0.1, 0.15) is 0 Å². The quantitative estimate of drug-likeness (QED) is 0.667. The summed E-state index contributed by atoms with van der Waals surface area (Å²) in [6.45, 7) is 3.53. The summed E-state index contributed by atoms with van der Waals surface area (Å²) in [5.41, 5.74) is 0.692. The van der Waals surface area contributed by atoms with Crippen LogP contribution in [0.25, 0.3) is 0 Å². The molecule has 0 aliphatic carbocycles. The second-order valence-corrected chi connectivity index (χ2v) is 3.50. The lowest BCUT2D eigenvalue weighted by molar-refractivity contribution is -0.137. The van der Waals surface area contributed by atoms with Crippen LogP contribution in [0.3, 0.4) is 0 Å². The Labute approximate surface area is 85.7 Å². The molecule has 1 rings (SSSR count). The second kappa shape index (κ2) is 3.81. The van der Waals surface area contributed by atoms with Crippen LogP contribution in [0.5, 0.6) is 0 Å². The van der Waals surface area contributed by atoms with Gasteiger partial charge in [-0.3, -0.25) is 0 Å².